The van der Waals surface area contributed by atoms with E-state index in [1.807, 2.05) is 11.8 Å². The Hall–Kier alpha value is -1.10. The molecule has 3 atom stereocenters. The molecule has 2 heterocycles. The van der Waals surface area contributed by atoms with Crippen molar-refractivity contribution in [1.29, 1.82) is 0 Å². The van der Waals surface area contributed by atoms with Crippen LogP contribution in [0.25, 0.3) is 0 Å². The summed E-state index contributed by atoms with van der Waals surface area (Å²) in [5.41, 5.74) is 0. The summed E-state index contributed by atoms with van der Waals surface area (Å²) >= 11 is 0. The van der Waals surface area contributed by atoms with Crippen LogP contribution in [0.2, 0.25) is 0 Å². The number of nitrogens with one attached hydrogen (secondary N) is 2. The molecule has 0 spiro atoms. The van der Waals surface area contributed by atoms with Gasteiger partial charge in [-0.15, -0.1) is 0 Å². The molecule has 2 aliphatic heterocycles. The van der Waals surface area contributed by atoms with Gasteiger partial charge in [0.15, 0.2) is 0 Å². The Bertz CT molecular complexity index is 373. The fraction of sp³-hybridized carbons (Fsp3) is 0.875. The zero-order chi connectivity index (χ0) is 15.2. The van der Waals surface area contributed by atoms with E-state index < -0.39 is 0 Å². The molecule has 0 aromatic carbocycles. The third-order valence-corrected chi connectivity index (χ3v) is 4.74. The standard InChI is InChI=1S/C16H29N3O2/c1-3-6-15(20)19-10-5-4-7-14(19)16(21)18-13-11-17-9-8-12(13)2/h12-14,17H,3-11H2,1-2H3,(H,18,21). The van der Waals surface area contributed by atoms with Crippen molar-refractivity contribution in [2.24, 2.45) is 5.92 Å². The summed E-state index contributed by atoms with van der Waals surface area (Å²) in [6.45, 7) is 6.79. The predicted molar refractivity (Wildman–Crippen MR) is 82.8 cm³/mol. The molecule has 0 aromatic rings. The average molecular weight is 295 g/mol. The van der Waals surface area contributed by atoms with Crippen molar-refractivity contribution >= 4 is 11.8 Å². The van der Waals surface area contributed by atoms with E-state index in [1.54, 1.807) is 0 Å². The summed E-state index contributed by atoms with van der Waals surface area (Å²) < 4.78 is 0. The second kappa shape index (κ2) is 7.78. The lowest BCUT2D eigenvalue weighted by molar-refractivity contribution is -0.142. The van der Waals surface area contributed by atoms with Crippen LogP contribution in [0.3, 0.4) is 0 Å². The summed E-state index contributed by atoms with van der Waals surface area (Å²) in [4.78, 5) is 26.6. The maximum Gasteiger partial charge on any atom is 0.243 e. The van der Waals surface area contributed by atoms with Crippen molar-refractivity contribution in [2.45, 2.75) is 64.5 Å². The van der Waals surface area contributed by atoms with Gasteiger partial charge >= 0.3 is 0 Å². The lowest BCUT2D eigenvalue weighted by Crippen LogP contribution is -2.57. The van der Waals surface area contributed by atoms with E-state index in [-0.39, 0.29) is 23.9 Å². The summed E-state index contributed by atoms with van der Waals surface area (Å²) in [6.07, 6.45) is 5.33. The number of rotatable bonds is 4. The molecule has 5 nitrogen and oxygen atoms in total. The largest absolute Gasteiger partial charge is 0.350 e. The molecule has 0 saturated carbocycles. The van der Waals surface area contributed by atoms with Crippen LogP contribution in [0.4, 0.5) is 0 Å². The Balaban J connectivity index is 1.96. The molecule has 0 bridgehead atoms. The summed E-state index contributed by atoms with van der Waals surface area (Å²) in [7, 11) is 0. The van der Waals surface area contributed by atoms with Gasteiger partial charge in [-0.2, -0.15) is 0 Å². The fourth-order valence-corrected chi connectivity index (χ4v) is 3.32. The monoisotopic (exact) mass is 295 g/mol. The van der Waals surface area contributed by atoms with Gasteiger partial charge in [-0.3, -0.25) is 9.59 Å². The van der Waals surface area contributed by atoms with Crippen LogP contribution in [0, 0.1) is 5.92 Å². The zero-order valence-corrected chi connectivity index (χ0v) is 13.4. The van der Waals surface area contributed by atoms with Crippen LogP contribution in [0.5, 0.6) is 0 Å². The highest BCUT2D eigenvalue weighted by atomic mass is 16.2. The summed E-state index contributed by atoms with van der Waals surface area (Å²) in [5, 5.41) is 6.50. The molecule has 2 saturated heterocycles. The highest BCUT2D eigenvalue weighted by Gasteiger charge is 2.33. The Kier molecular flexibility index (Phi) is 6.03. The molecule has 0 aromatic heterocycles. The number of piperidine rings is 2. The van der Waals surface area contributed by atoms with Crippen LogP contribution in [-0.4, -0.2) is 48.4 Å². The van der Waals surface area contributed by atoms with Gasteiger partial charge in [0.25, 0.3) is 0 Å². The highest BCUT2D eigenvalue weighted by molar-refractivity contribution is 5.88. The van der Waals surface area contributed by atoms with Gasteiger partial charge in [-0.05, 0) is 44.6 Å². The van der Waals surface area contributed by atoms with Gasteiger partial charge < -0.3 is 15.5 Å². The van der Waals surface area contributed by atoms with E-state index in [0.29, 0.717) is 12.3 Å². The molecule has 2 N–H and O–H groups in total. The van der Waals surface area contributed by atoms with Gasteiger partial charge in [0, 0.05) is 25.6 Å². The van der Waals surface area contributed by atoms with Crippen molar-refractivity contribution in [3.8, 4) is 0 Å². The van der Waals surface area contributed by atoms with Gasteiger partial charge in [0.2, 0.25) is 11.8 Å². The summed E-state index contributed by atoms with van der Waals surface area (Å²) in [5.74, 6) is 0.672. The number of carbonyl (C=O) groups excluding carboxylic acids is 2. The smallest absolute Gasteiger partial charge is 0.243 e. The van der Waals surface area contributed by atoms with E-state index in [9.17, 15) is 9.59 Å². The molecule has 21 heavy (non-hydrogen) atoms. The maximum absolute atomic E-state index is 12.6. The lowest BCUT2D eigenvalue weighted by Gasteiger charge is -2.37. The molecule has 120 valence electrons. The zero-order valence-electron chi connectivity index (χ0n) is 13.4. The Morgan fingerprint density at radius 2 is 2.10 bits per heavy atom. The molecule has 2 fully saturated rings. The highest BCUT2D eigenvalue weighted by Crippen LogP contribution is 2.20. The van der Waals surface area contributed by atoms with Gasteiger partial charge in [0.1, 0.15) is 6.04 Å². The van der Waals surface area contributed by atoms with Crippen molar-refractivity contribution in [2.75, 3.05) is 19.6 Å². The number of hydrogen-bond acceptors (Lipinski definition) is 3. The first-order valence-electron chi connectivity index (χ1n) is 8.44. The first kappa shape index (κ1) is 16.3. The van der Waals surface area contributed by atoms with Gasteiger partial charge in [-0.25, -0.2) is 0 Å². The normalized spacial score (nSPS) is 30.0. The Morgan fingerprint density at radius 1 is 1.29 bits per heavy atom. The van der Waals surface area contributed by atoms with E-state index in [4.69, 9.17) is 0 Å². The van der Waals surface area contributed by atoms with Crippen molar-refractivity contribution < 1.29 is 9.59 Å². The second-order valence-electron chi connectivity index (χ2n) is 6.43. The molecule has 2 rings (SSSR count). The molecular weight excluding hydrogens is 266 g/mol. The minimum absolute atomic E-state index is 0.0414. The van der Waals surface area contributed by atoms with E-state index in [2.05, 4.69) is 17.6 Å². The van der Waals surface area contributed by atoms with Crippen molar-refractivity contribution in [3.05, 3.63) is 0 Å². The van der Waals surface area contributed by atoms with Crippen LogP contribution in [-0.2, 0) is 9.59 Å². The van der Waals surface area contributed by atoms with Crippen LogP contribution in [0.15, 0.2) is 0 Å². The third-order valence-electron chi connectivity index (χ3n) is 4.74. The molecule has 3 unspecified atom stereocenters. The Morgan fingerprint density at radius 3 is 2.81 bits per heavy atom. The molecule has 0 aliphatic carbocycles. The number of likely N-dealkylation sites (tertiary alicyclic amines) is 1. The van der Waals surface area contributed by atoms with Crippen LogP contribution in [0.1, 0.15) is 52.4 Å². The SMILES string of the molecule is CCCC(=O)N1CCCCC1C(=O)NC1CNCCC1C. The number of carbonyl (C=O) groups is 2. The predicted octanol–water partition coefficient (Wildman–Crippen LogP) is 1.28. The minimum Gasteiger partial charge on any atom is -0.350 e. The third kappa shape index (κ3) is 4.19. The minimum atomic E-state index is -0.257. The fourth-order valence-electron chi connectivity index (χ4n) is 3.32. The maximum atomic E-state index is 12.6. The molecular formula is C16H29N3O2. The van der Waals surface area contributed by atoms with E-state index in [1.165, 1.54) is 0 Å². The molecule has 0 radical (unpaired) electrons. The molecule has 2 amide bonds. The van der Waals surface area contributed by atoms with Crippen LogP contribution < -0.4 is 10.6 Å². The molecule has 5 heteroatoms. The quantitative estimate of drug-likeness (QED) is 0.821. The van der Waals surface area contributed by atoms with E-state index in [0.717, 1.165) is 51.7 Å². The topological polar surface area (TPSA) is 61.4 Å². The second-order valence-corrected chi connectivity index (χ2v) is 6.43. The average Bonchev–Trinajstić information content (AvgIpc) is 2.50. The molecule has 2 aliphatic rings. The lowest BCUT2D eigenvalue weighted by atomic mass is 9.93. The van der Waals surface area contributed by atoms with Crippen molar-refractivity contribution in [3.63, 3.8) is 0 Å². The van der Waals surface area contributed by atoms with Crippen molar-refractivity contribution in [1.82, 2.24) is 15.5 Å². The number of amides is 2. The number of nitrogens with zero attached hydrogens (tertiary/aromatic N) is 1. The van der Waals surface area contributed by atoms with Gasteiger partial charge in [-0.1, -0.05) is 13.8 Å². The van der Waals surface area contributed by atoms with E-state index >= 15 is 0 Å². The number of hydrogen-bond donors (Lipinski definition) is 2. The van der Waals surface area contributed by atoms with Gasteiger partial charge in [0.05, 0.1) is 0 Å². The summed E-state index contributed by atoms with van der Waals surface area (Å²) in [6, 6.07) is -0.0665. The van der Waals surface area contributed by atoms with Crippen LogP contribution >= 0.6 is 0 Å². The Labute approximate surface area is 127 Å². The first-order valence-corrected chi connectivity index (χ1v) is 8.44. The first-order chi connectivity index (χ1) is 10.1.